The van der Waals surface area contributed by atoms with E-state index in [-0.39, 0.29) is 0 Å². The predicted molar refractivity (Wildman–Crippen MR) is 76.1 cm³/mol. The van der Waals surface area contributed by atoms with Gasteiger partial charge >= 0.3 is 0 Å². The quantitative estimate of drug-likeness (QED) is 0.880. The first-order valence-corrected chi connectivity index (χ1v) is 6.87. The first kappa shape index (κ1) is 12.3. The van der Waals surface area contributed by atoms with Crippen LogP contribution >= 0.6 is 0 Å². The van der Waals surface area contributed by atoms with E-state index in [9.17, 15) is 0 Å². The second-order valence-corrected chi connectivity index (χ2v) is 5.08. The van der Waals surface area contributed by atoms with Crippen molar-refractivity contribution in [3.8, 4) is 0 Å². The maximum Gasteiger partial charge on any atom is 0.180 e. The van der Waals surface area contributed by atoms with Crippen LogP contribution in [0.1, 0.15) is 25.7 Å². The summed E-state index contributed by atoms with van der Waals surface area (Å²) in [5.41, 5.74) is 1.54. The van der Waals surface area contributed by atoms with Crippen molar-refractivity contribution in [3.05, 3.63) is 24.5 Å². The van der Waals surface area contributed by atoms with Crippen molar-refractivity contribution >= 4 is 17.0 Å². The van der Waals surface area contributed by atoms with E-state index in [1.54, 1.807) is 12.4 Å². The number of nitrogens with zero attached hydrogens (tertiary/aromatic N) is 3. The molecule has 1 fully saturated rings. The normalized spacial score (nSPS) is 23.4. The lowest BCUT2D eigenvalue weighted by atomic mass is 9.91. The van der Waals surface area contributed by atoms with Crippen molar-refractivity contribution < 1.29 is 0 Å². The van der Waals surface area contributed by atoms with Gasteiger partial charge in [0.25, 0.3) is 0 Å². The van der Waals surface area contributed by atoms with Crippen LogP contribution in [0.3, 0.4) is 0 Å². The number of hydrogen-bond donors (Lipinski definition) is 2. The third kappa shape index (κ3) is 2.81. The summed E-state index contributed by atoms with van der Waals surface area (Å²) >= 11 is 0. The van der Waals surface area contributed by atoms with Crippen LogP contribution in [0.25, 0.3) is 11.2 Å². The molecule has 0 saturated heterocycles. The molecule has 3 rings (SSSR count). The van der Waals surface area contributed by atoms with E-state index in [4.69, 9.17) is 0 Å². The molecule has 1 aliphatic rings. The molecule has 0 aliphatic heterocycles. The van der Waals surface area contributed by atoms with Gasteiger partial charge in [-0.25, -0.2) is 9.97 Å². The first-order valence-electron chi connectivity index (χ1n) is 6.87. The SMILES string of the molecule is CNC1CCC(Nc2ccc3nccnc3n2)CC1. The molecule has 2 heterocycles. The summed E-state index contributed by atoms with van der Waals surface area (Å²) in [6, 6.07) is 5.15. The van der Waals surface area contributed by atoms with E-state index in [2.05, 4.69) is 25.6 Å². The van der Waals surface area contributed by atoms with Crippen LogP contribution in [0.4, 0.5) is 5.82 Å². The van der Waals surface area contributed by atoms with E-state index < -0.39 is 0 Å². The molecule has 2 N–H and O–H groups in total. The van der Waals surface area contributed by atoms with E-state index in [1.165, 1.54) is 25.7 Å². The monoisotopic (exact) mass is 257 g/mol. The Hall–Kier alpha value is -1.75. The Morgan fingerprint density at radius 1 is 1.00 bits per heavy atom. The molecule has 0 radical (unpaired) electrons. The smallest absolute Gasteiger partial charge is 0.180 e. The lowest BCUT2D eigenvalue weighted by molar-refractivity contribution is 0.371. The van der Waals surface area contributed by atoms with Gasteiger partial charge in [0.1, 0.15) is 11.3 Å². The van der Waals surface area contributed by atoms with Crippen LogP contribution < -0.4 is 10.6 Å². The van der Waals surface area contributed by atoms with Gasteiger partial charge < -0.3 is 10.6 Å². The lowest BCUT2D eigenvalue weighted by Gasteiger charge is -2.29. The Kier molecular flexibility index (Phi) is 3.55. The van der Waals surface area contributed by atoms with E-state index in [0.29, 0.717) is 17.7 Å². The highest BCUT2D eigenvalue weighted by Gasteiger charge is 2.19. The van der Waals surface area contributed by atoms with Gasteiger partial charge in [0.2, 0.25) is 0 Å². The van der Waals surface area contributed by atoms with E-state index >= 15 is 0 Å². The van der Waals surface area contributed by atoms with Crippen molar-refractivity contribution in [1.29, 1.82) is 0 Å². The summed E-state index contributed by atoms with van der Waals surface area (Å²) in [4.78, 5) is 13.0. The van der Waals surface area contributed by atoms with Gasteiger partial charge in [-0.2, -0.15) is 0 Å². The fourth-order valence-corrected chi connectivity index (χ4v) is 2.67. The molecular weight excluding hydrogens is 238 g/mol. The molecule has 0 unspecified atom stereocenters. The fraction of sp³-hybridized carbons (Fsp3) is 0.500. The summed E-state index contributed by atoms with van der Waals surface area (Å²) < 4.78 is 0. The van der Waals surface area contributed by atoms with Crippen molar-refractivity contribution in [2.75, 3.05) is 12.4 Å². The zero-order valence-electron chi connectivity index (χ0n) is 11.1. The average molecular weight is 257 g/mol. The van der Waals surface area contributed by atoms with Gasteiger partial charge in [-0.05, 0) is 44.9 Å². The molecule has 100 valence electrons. The minimum absolute atomic E-state index is 0.520. The number of hydrogen-bond acceptors (Lipinski definition) is 5. The number of rotatable bonds is 3. The Morgan fingerprint density at radius 3 is 2.53 bits per heavy atom. The minimum atomic E-state index is 0.520. The van der Waals surface area contributed by atoms with Gasteiger partial charge in [0, 0.05) is 24.5 Å². The van der Waals surface area contributed by atoms with E-state index in [0.717, 1.165) is 11.3 Å². The summed E-state index contributed by atoms with van der Waals surface area (Å²) in [6.45, 7) is 0. The van der Waals surface area contributed by atoms with Crippen LogP contribution in [0.15, 0.2) is 24.5 Å². The second-order valence-electron chi connectivity index (χ2n) is 5.08. The summed E-state index contributed by atoms with van der Waals surface area (Å²) in [6.07, 6.45) is 8.19. The van der Waals surface area contributed by atoms with Gasteiger partial charge in [0.15, 0.2) is 5.65 Å². The molecule has 2 aromatic heterocycles. The number of anilines is 1. The van der Waals surface area contributed by atoms with Crippen LogP contribution in [-0.2, 0) is 0 Å². The molecule has 0 atom stereocenters. The van der Waals surface area contributed by atoms with Crippen LogP contribution in [-0.4, -0.2) is 34.1 Å². The fourth-order valence-electron chi connectivity index (χ4n) is 2.67. The molecule has 19 heavy (non-hydrogen) atoms. The molecule has 0 bridgehead atoms. The summed E-state index contributed by atoms with van der Waals surface area (Å²) in [5, 5.41) is 6.86. The van der Waals surface area contributed by atoms with E-state index in [1.807, 2.05) is 19.2 Å². The maximum atomic E-state index is 4.51. The molecule has 0 spiro atoms. The Labute approximate surface area is 112 Å². The standard InChI is InChI=1S/C14H19N5/c1-15-10-2-4-11(5-3-10)18-13-7-6-12-14(19-13)17-9-8-16-12/h6-11,15H,2-5H2,1H3,(H,17,18,19). The molecule has 2 aromatic rings. The lowest BCUT2D eigenvalue weighted by Crippen LogP contribution is -2.35. The van der Waals surface area contributed by atoms with Gasteiger partial charge in [-0.15, -0.1) is 0 Å². The topological polar surface area (TPSA) is 62.7 Å². The maximum absolute atomic E-state index is 4.51. The van der Waals surface area contributed by atoms with Crippen molar-refractivity contribution in [2.24, 2.45) is 0 Å². The average Bonchev–Trinajstić information content (AvgIpc) is 2.48. The van der Waals surface area contributed by atoms with Crippen LogP contribution in [0, 0.1) is 0 Å². The highest BCUT2D eigenvalue weighted by atomic mass is 15.0. The number of pyridine rings is 1. The molecule has 5 heteroatoms. The Morgan fingerprint density at radius 2 is 1.74 bits per heavy atom. The molecule has 5 nitrogen and oxygen atoms in total. The van der Waals surface area contributed by atoms with Gasteiger partial charge in [0.05, 0.1) is 0 Å². The number of nitrogens with one attached hydrogen (secondary N) is 2. The van der Waals surface area contributed by atoms with Crippen molar-refractivity contribution in [2.45, 2.75) is 37.8 Å². The van der Waals surface area contributed by atoms with Crippen LogP contribution in [0.2, 0.25) is 0 Å². The predicted octanol–water partition coefficient (Wildman–Crippen LogP) is 1.97. The Bertz CT molecular complexity index is 548. The molecule has 1 saturated carbocycles. The van der Waals surface area contributed by atoms with Crippen LogP contribution in [0.5, 0.6) is 0 Å². The first-order chi connectivity index (χ1) is 9.35. The minimum Gasteiger partial charge on any atom is -0.367 e. The number of aromatic nitrogens is 3. The zero-order valence-corrected chi connectivity index (χ0v) is 11.1. The summed E-state index contributed by atoms with van der Waals surface area (Å²) in [7, 11) is 2.04. The Balaban J connectivity index is 1.68. The van der Waals surface area contributed by atoms with Gasteiger partial charge in [-0.3, -0.25) is 4.98 Å². The highest BCUT2D eigenvalue weighted by Crippen LogP contribution is 2.21. The van der Waals surface area contributed by atoms with Crippen molar-refractivity contribution in [3.63, 3.8) is 0 Å². The summed E-state index contributed by atoms with van der Waals surface area (Å²) in [5.74, 6) is 0.904. The third-order valence-electron chi connectivity index (χ3n) is 3.82. The highest BCUT2D eigenvalue weighted by molar-refractivity contribution is 5.71. The molecule has 1 aliphatic carbocycles. The molecule has 0 amide bonds. The van der Waals surface area contributed by atoms with Crippen molar-refractivity contribution in [1.82, 2.24) is 20.3 Å². The third-order valence-corrected chi connectivity index (χ3v) is 3.82. The van der Waals surface area contributed by atoms with Gasteiger partial charge in [-0.1, -0.05) is 0 Å². The molecular formula is C14H19N5. The number of fused-ring (bicyclic) bond motifs is 1. The second kappa shape index (κ2) is 5.48. The molecule has 0 aromatic carbocycles. The largest absolute Gasteiger partial charge is 0.367 e. The zero-order chi connectivity index (χ0) is 13.1.